The van der Waals surface area contributed by atoms with Gasteiger partial charge in [0.2, 0.25) is 5.91 Å². The van der Waals surface area contributed by atoms with Crippen LogP contribution in [0.1, 0.15) is 73.1 Å². The monoisotopic (exact) mass is 500 g/mol. The molecule has 0 aliphatic carbocycles. The predicted octanol–water partition coefficient (Wildman–Crippen LogP) is 5.12. The second-order valence-corrected chi connectivity index (χ2v) is 10.4. The SMILES string of the molecule is CN[C@H]1[C@@H](O)C[C@H](O[C@H]2C/C=C(\C)C/C(C)=C/C=C/CC[C@H](C)CNC(=O)C/C=C/C=C/2C)O[C@@H]1C. The molecule has 0 saturated carbocycles. The summed E-state index contributed by atoms with van der Waals surface area (Å²) in [7, 11) is 1.84. The highest BCUT2D eigenvalue weighted by molar-refractivity contribution is 5.77. The van der Waals surface area contributed by atoms with Crippen LogP contribution in [0.25, 0.3) is 0 Å². The van der Waals surface area contributed by atoms with Crippen LogP contribution in [0.4, 0.5) is 0 Å². The number of aliphatic hydroxyl groups excluding tert-OH is 1. The van der Waals surface area contributed by atoms with Gasteiger partial charge in [0, 0.05) is 19.4 Å². The van der Waals surface area contributed by atoms with Crippen LogP contribution in [0.15, 0.2) is 59.3 Å². The summed E-state index contributed by atoms with van der Waals surface area (Å²) in [6.07, 6.45) is 17.7. The van der Waals surface area contributed by atoms with Gasteiger partial charge in [-0.25, -0.2) is 0 Å². The zero-order chi connectivity index (χ0) is 26.5. The van der Waals surface area contributed by atoms with Gasteiger partial charge in [-0.15, -0.1) is 0 Å². The lowest BCUT2D eigenvalue weighted by molar-refractivity contribution is -0.232. The van der Waals surface area contributed by atoms with E-state index in [1.165, 1.54) is 11.1 Å². The van der Waals surface area contributed by atoms with E-state index in [0.717, 1.165) is 24.8 Å². The molecule has 0 unspecified atom stereocenters. The molecule has 36 heavy (non-hydrogen) atoms. The standard InChI is InChI=1S/C30H48N2O4/c1-21-12-8-7-9-13-23(3)20-32-28(34)15-11-10-14-24(4)27(17-16-22(2)18-21)36-29-19-26(33)30(31-6)25(5)35-29/h7-8,10-12,14,16,23,25-27,29-31,33H,9,13,15,17-20H2,1-6H3,(H,32,34)/b8-7+,11-10+,21-12+,22-16+,24-14+/t23-,25+,26-,27-,29-,30+/m0/s1. The molecule has 2 aliphatic rings. The Kier molecular flexibility index (Phi) is 13.4. The van der Waals surface area contributed by atoms with Crippen LogP contribution in [0, 0.1) is 5.92 Å². The Morgan fingerprint density at radius 3 is 2.58 bits per heavy atom. The number of nitrogens with one attached hydrogen (secondary N) is 2. The topological polar surface area (TPSA) is 79.8 Å². The summed E-state index contributed by atoms with van der Waals surface area (Å²) in [5.41, 5.74) is 3.66. The Morgan fingerprint density at radius 2 is 1.86 bits per heavy atom. The number of aliphatic hydroxyl groups is 1. The maximum absolute atomic E-state index is 12.2. The Morgan fingerprint density at radius 1 is 1.11 bits per heavy atom. The van der Waals surface area contributed by atoms with Gasteiger partial charge < -0.3 is 25.2 Å². The average molecular weight is 501 g/mol. The van der Waals surface area contributed by atoms with Crippen LogP contribution in [0.5, 0.6) is 0 Å². The highest BCUT2D eigenvalue weighted by Gasteiger charge is 2.36. The molecule has 6 heteroatoms. The fourth-order valence-electron chi connectivity index (χ4n) is 4.64. The van der Waals surface area contributed by atoms with Crippen molar-refractivity contribution in [1.82, 2.24) is 10.6 Å². The largest absolute Gasteiger partial charge is 0.391 e. The number of hydrogen-bond donors (Lipinski definition) is 3. The van der Waals surface area contributed by atoms with Gasteiger partial charge in [-0.2, -0.15) is 0 Å². The first kappa shape index (κ1) is 30.2. The normalized spacial score (nSPS) is 38.3. The van der Waals surface area contributed by atoms with Crippen molar-refractivity contribution in [3.63, 3.8) is 0 Å². The van der Waals surface area contributed by atoms with Gasteiger partial charge in [0.15, 0.2) is 6.29 Å². The number of amides is 1. The molecule has 0 aromatic carbocycles. The second kappa shape index (κ2) is 16.0. The molecule has 6 atom stereocenters. The van der Waals surface area contributed by atoms with Gasteiger partial charge >= 0.3 is 0 Å². The predicted molar refractivity (Wildman–Crippen MR) is 147 cm³/mol. The average Bonchev–Trinajstić information content (AvgIpc) is 2.82. The van der Waals surface area contributed by atoms with E-state index >= 15 is 0 Å². The number of hydrogen-bond acceptors (Lipinski definition) is 5. The van der Waals surface area contributed by atoms with E-state index in [2.05, 4.69) is 55.7 Å². The van der Waals surface area contributed by atoms with Gasteiger partial charge in [0.1, 0.15) is 0 Å². The third-order valence-electron chi connectivity index (χ3n) is 6.91. The molecule has 6 nitrogen and oxygen atoms in total. The first-order valence-corrected chi connectivity index (χ1v) is 13.4. The zero-order valence-corrected chi connectivity index (χ0v) is 23.1. The minimum absolute atomic E-state index is 0.0386. The van der Waals surface area contributed by atoms with Crippen molar-refractivity contribution in [2.45, 2.75) is 104 Å². The summed E-state index contributed by atoms with van der Waals surface area (Å²) in [5, 5.41) is 16.7. The number of rotatable bonds is 3. The van der Waals surface area contributed by atoms with Crippen LogP contribution in [0.3, 0.4) is 0 Å². The lowest BCUT2D eigenvalue weighted by atomic mass is 9.99. The van der Waals surface area contributed by atoms with Crippen molar-refractivity contribution in [2.24, 2.45) is 5.92 Å². The number of carbonyl (C=O) groups is 1. The van der Waals surface area contributed by atoms with Crippen molar-refractivity contribution in [3.05, 3.63) is 59.3 Å². The van der Waals surface area contributed by atoms with Crippen molar-refractivity contribution < 1.29 is 19.4 Å². The Balaban J connectivity index is 2.18. The molecule has 2 aliphatic heterocycles. The fourth-order valence-corrected chi connectivity index (χ4v) is 4.64. The van der Waals surface area contributed by atoms with Gasteiger partial charge in [-0.3, -0.25) is 4.79 Å². The summed E-state index contributed by atoms with van der Waals surface area (Å²) >= 11 is 0. The first-order valence-electron chi connectivity index (χ1n) is 13.4. The molecule has 202 valence electrons. The molecular formula is C30H48N2O4. The lowest BCUT2D eigenvalue weighted by Gasteiger charge is -2.39. The summed E-state index contributed by atoms with van der Waals surface area (Å²) in [5.74, 6) is 0.479. The van der Waals surface area contributed by atoms with Crippen molar-refractivity contribution in [3.8, 4) is 0 Å². The Bertz CT molecular complexity index is 830. The maximum atomic E-state index is 12.2. The first-order chi connectivity index (χ1) is 17.2. The third kappa shape index (κ3) is 11.0. The lowest BCUT2D eigenvalue weighted by Crippen LogP contribution is -2.54. The minimum atomic E-state index is -0.528. The fraction of sp³-hybridized carbons (Fsp3) is 0.633. The van der Waals surface area contributed by atoms with E-state index in [1.54, 1.807) is 0 Å². The minimum Gasteiger partial charge on any atom is -0.391 e. The molecule has 0 radical (unpaired) electrons. The quantitative estimate of drug-likeness (QED) is 0.469. The summed E-state index contributed by atoms with van der Waals surface area (Å²) in [4.78, 5) is 12.2. The zero-order valence-electron chi connectivity index (χ0n) is 23.1. The smallest absolute Gasteiger partial charge is 0.223 e. The van der Waals surface area contributed by atoms with Crippen molar-refractivity contribution >= 4 is 5.91 Å². The van der Waals surface area contributed by atoms with E-state index in [1.807, 2.05) is 39.1 Å². The molecule has 1 fully saturated rings. The summed E-state index contributed by atoms with van der Waals surface area (Å²) in [6.45, 7) is 11.2. The van der Waals surface area contributed by atoms with Gasteiger partial charge in [-0.1, -0.05) is 60.6 Å². The summed E-state index contributed by atoms with van der Waals surface area (Å²) < 4.78 is 12.5. The van der Waals surface area contributed by atoms with Gasteiger partial charge in [0.05, 0.1) is 24.4 Å². The van der Waals surface area contributed by atoms with Crippen molar-refractivity contribution in [2.75, 3.05) is 13.6 Å². The maximum Gasteiger partial charge on any atom is 0.223 e. The van der Waals surface area contributed by atoms with Crippen LogP contribution in [-0.4, -0.2) is 55.2 Å². The molecule has 0 bridgehead atoms. The van der Waals surface area contributed by atoms with Crippen LogP contribution in [-0.2, 0) is 14.3 Å². The van der Waals surface area contributed by atoms with E-state index in [-0.39, 0.29) is 24.2 Å². The number of carbonyl (C=O) groups excluding carboxylic acids is 1. The number of ether oxygens (including phenoxy) is 2. The van der Waals surface area contributed by atoms with E-state index < -0.39 is 12.4 Å². The van der Waals surface area contributed by atoms with Crippen LogP contribution < -0.4 is 10.6 Å². The molecule has 0 aromatic heterocycles. The van der Waals surface area contributed by atoms with Gasteiger partial charge in [-0.05, 0) is 71.9 Å². The molecule has 1 amide bonds. The molecule has 2 rings (SSSR count). The number of allylic oxidation sites excluding steroid dienone is 7. The Labute approximate surface area is 218 Å². The van der Waals surface area contributed by atoms with E-state index in [4.69, 9.17) is 9.47 Å². The molecule has 0 spiro atoms. The Hall–Kier alpha value is -1.99. The molecule has 2 heterocycles. The highest BCUT2D eigenvalue weighted by Crippen LogP contribution is 2.25. The van der Waals surface area contributed by atoms with E-state index in [9.17, 15) is 9.90 Å². The third-order valence-corrected chi connectivity index (χ3v) is 6.91. The highest BCUT2D eigenvalue weighted by atomic mass is 16.7. The van der Waals surface area contributed by atoms with Crippen LogP contribution >= 0.6 is 0 Å². The summed E-state index contributed by atoms with van der Waals surface area (Å²) in [6, 6.07) is -0.108. The molecule has 1 saturated heterocycles. The second-order valence-electron chi connectivity index (χ2n) is 10.4. The van der Waals surface area contributed by atoms with E-state index in [0.29, 0.717) is 31.7 Å². The molecule has 3 N–H and O–H groups in total. The van der Waals surface area contributed by atoms with Crippen molar-refractivity contribution in [1.29, 1.82) is 0 Å². The van der Waals surface area contributed by atoms with Gasteiger partial charge in [0.25, 0.3) is 0 Å². The number of likely N-dealkylation sites (N-methyl/N-ethyl adjacent to an activating group) is 1. The molecular weight excluding hydrogens is 452 g/mol. The van der Waals surface area contributed by atoms with Crippen LogP contribution in [0.2, 0.25) is 0 Å². The molecule has 0 aromatic rings.